The van der Waals surface area contributed by atoms with Crippen molar-refractivity contribution in [2.75, 3.05) is 5.32 Å². The van der Waals surface area contributed by atoms with Gasteiger partial charge in [-0.1, -0.05) is 25.1 Å². The summed E-state index contributed by atoms with van der Waals surface area (Å²) in [6.45, 7) is 16.8. The van der Waals surface area contributed by atoms with Crippen LogP contribution >= 0.6 is 0 Å². The molecular weight excluding hydrogens is 341 g/mol. The topological polar surface area (TPSA) is 49.3 Å². The first-order chi connectivity index (χ1) is 12.8. The second kappa shape index (κ2) is 17.2. The number of hydrogen-bond donors (Lipinski definition) is 2. The fraction of sp³-hybridized carbons (Fsp3) is 0.292. The van der Waals surface area contributed by atoms with Crippen LogP contribution in [-0.2, 0) is 4.79 Å². The van der Waals surface area contributed by atoms with Gasteiger partial charge in [-0.05, 0) is 31.0 Å². The summed E-state index contributed by atoms with van der Waals surface area (Å²) in [4.78, 5) is 11.4. The molecule has 2 rings (SSSR count). The summed E-state index contributed by atoms with van der Waals surface area (Å²) in [5.41, 5.74) is 3.97. The number of rotatable bonds is 5. The first-order valence-electron chi connectivity index (χ1n) is 9.25. The quantitative estimate of drug-likeness (QED) is 0.623. The molecular formula is C24H33LiNO2-3. The summed E-state index contributed by atoms with van der Waals surface area (Å²) < 4.78 is 0. The van der Waals surface area contributed by atoms with Crippen molar-refractivity contribution < 1.29 is 28.8 Å². The Bertz CT molecular complexity index is 632. The van der Waals surface area contributed by atoms with Crippen LogP contribution in [0, 0.1) is 41.0 Å². The minimum Gasteiger partial charge on any atom is -0.521 e. The molecule has 0 heterocycles. The number of carbonyl (C=O) groups is 1. The Balaban J connectivity index is 0. The molecule has 0 saturated carbocycles. The van der Waals surface area contributed by atoms with Crippen LogP contribution in [0.4, 0.5) is 5.69 Å². The van der Waals surface area contributed by atoms with E-state index in [1.54, 1.807) is 24.6 Å². The van der Waals surface area contributed by atoms with E-state index < -0.39 is 0 Å². The Kier molecular flexibility index (Phi) is 17.3. The van der Waals surface area contributed by atoms with E-state index in [0.29, 0.717) is 0 Å². The number of aryl methyl sites for hydroxylation is 2. The molecule has 3 nitrogen and oxygen atoms in total. The Hall–Kier alpha value is -1.95. The molecule has 0 bridgehead atoms. The molecule has 0 aliphatic rings. The van der Waals surface area contributed by atoms with E-state index in [4.69, 9.17) is 5.11 Å². The second-order valence-corrected chi connectivity index (χ2v) is 6.10. The van der Waals surface area contributed by atoms with Gasteiger partial charge in [-0.25, -0.2) is 0 Å². The van der Waals surface area contributed by atoms with Crippen molar-refractivity contribution in [3.05, 3.63) is 86.3 Å². The number of benzene rings is 2. The number of amides is 1. The summed E-state index contributed by atoms with van der Waals surface area (Å²) in [5.74, 6) is 0.252. The molecule has 0 atom stereocenters. The summed E-state index contributed by atoms with van der Waals surface area (Å²) in [5, 5.41) is 11.7. The van der Waals surface area contributed by atoms with Crippen LogP contribution in [0.3, 0.4) is 0 Å². The van der Waals surface area contributed by atoms with Gasteiger partial charge < -0.3 is 35.5 Å². The van der Waals surface area contributed by atoms with E-state index in [1.807, 2.05) is 45.0 Å². The molecule has 150 valence electrons. The molecule has 4 heteroatoms. The van der Waals surface area contributed by atoms with Crippen molar-refractivity contribution >= 4 is 11.6 Å². The molecule has 0 aromatic heterocycles. The maximum absolute atomic E-state index is 11.4. The zero-order chi connectivity index (χ0) is 20.7. The number of phenolic OH excluding ortho intramolecular Hbond substituents is 1. The van der Waals surface area contributed by atoms with E-state index in [9.17, 15) is 4.79 Å². The largest absolute Gasteiger partial charge is 1.00 e. The van der Waals surface area contributed by atoms with Crippen LogP contribution in [0.1, 0.15) is 49.3 Å². The molecule has 2 aromatic carbocycles. The maximum Gasteiger partial charge on any atom is 1.00 e. The number of aromatic hydroxyl groups is 1. The average Bonchev–Trinajstić information content (AvgIpc) is 2.60. The molecule has 0 spiro atoms. The van der Waals surface area contributed by atoms with Crippen molar-refractivity contribution in [3.63, 3.8) is 0 Å². The van der Waals surface area contributed by atoms with Gasteiger partial charge in [0.15, 0.2) is 0 Å². The third-order valence-electron chi connectivity index (χ3n) is 3.53. The predicted octanol–water partition coefficient (Wildman–Crippen LogP) is 3.26. The molecule has 2 N–H and O–H groups in total. The van der Waals surface area contributed by atoms with Gasteiger partial charge in [0, 0.05) is 5.69 Å². The molecule has 0 unspecified atom stereocenters. The van der Waals surface area contributed by atoms with Crippen LogP contribution < -0.4 is 24.2 Å². The van der Waals surface area contributed by atoms with Crippen molar-refractivity contribution in [3.8, 4) is 5.75 Å². The van der Waals surface area contributed by atoms with Crippen LogP contribution in [0.25, 0.3) is 0 Å². The Labute approximate surface area is 184 Å². The van der Waals surface area contributed by atoms with E-state index in [-0.39, 0.29) is 30.5 Å². The standard InChI is InChI=1S/C12H16NO.C7H7O.C5H10.Li/c1-4-6-11(14)13-12-9(2)7-5-8-10(12)3;1-6-3-2-4-7(8)5-6;1-3-5-4-2;/h5-8H,4H2,1-3H3,(H,13,14);2-5,8H,1H2;1-5H2;/q2*-1;-2;+1. The fourth-order valence-electron chi connectivity index (χ4n) is 2.10. The maximum atomic E-state index is 11.4. The Morgan fingerprint density at radius 3 is 1.96 bits per heavy atom. The van der Waals surface area contributed by atoms with E-state index >= 15 is 0 Å². The summed E-state index contributed by atoms with van der Waals surface area (Å²) in [6.07, 6.45) is 5.63. The molecule has 0 fully saturated rings. The number of phenols is 1. The number of carbonyl (C=O) groups excluding carboxylic acids is 1. The third-order valence-corrected chi connectivity index (χ3v) is 3.53. The van der Waals surface area contributed by atoms with Gasteiger partial charge in [0.2, 0.25) is 0 Å². The minimum absolute atomic E-state index is 0. The van der Waals surface area contributed by atoms with E-state index in [0.717, 1.165) is 41.6 Å². The molecule has 0 radical (unpaired) electrons. The number of unbranched alkanes of at least 4 members (excludes halogenated alkanes) is 2. The van der Waals surface area contributed by atoms with Crippen molar-refractivity contribution in [2.24, 2.45) is 0 Å². The van der Waals surface area contributed by atoms with Crippen molar-refractivity contribution in [2.45, 2.75) is 46.5 Å². The zero-order valence-electron chi connectivity index (χ0n) is 17.9. The zero-order valence-corrected chi connectivity index (χ0v) is 17.9. The molecule has 0 saturated heterocycles. The number of anilines is 1. The summed E-state index contributed by atoms with van der Waals surface area (Å²) in [6, 6.07) is 12.8. The monoisotopic (exact) mass is 374 g/mol. The average molecular weight is 374 g/mol. The van der Waals surface area contributed by atoms with Gasteiger partial charge in [-0.3, -0.25) is 0 Å². The molecule has 2 aromatic rings. The summed E-state index contributed by atoms with van der Waals surface area (Å²) in [7, 11) is 0. The van der Waals surface area contributed by atoms with E-state index in [2.05, 4.69) is 26.1 Å². The van der Waals surface area contributed by atoms with Crippen molar-refractivity contribution in [1.29, 1.82) is 0 Å². The summed E-state index contributed by atoms with van der Waals surface area (Å²) >= 11 is 0. The second-order valence-electron chi connectivity index (χ2n) is 6.10. The first-order valence-corrected chi connectivity index (χ1v) is 9.25. The van der Waals surface area contributed by atoms with Crippen molar-refractivity contribution in [1.82, 2.24) is 0 Å². The predicted molar refractivity (Wildman–Crippen MR) is 116 cm³/mol. The minimum atomic E-state index is -0.0232. The smallest absolute Gasteiger partial charge is 0.521 e. The number of nitrogens with one attached hydrogen (secondary N) is 1. The van der Waals surface area contributed by atoms with Gasteiger partial charge in [-0.2, -0.15) is 37.8 Å². The van der Waals surface area contributed by atoms with Gasteiger partial charge in [0.05, 0.1) is 11.7 Å². The molecule has 28 heavy (non-hydrogen) atoms. The first kappa shape index (κ1) is 28.3. The third kappa shape index (κ3) is 13.3. The van der Waals surface area contributed by atoms with E-state index in [1.165, 1.54) is 6.42 Å². The van der Waals surface area contributed by atoms with Crippen LogP contribution in [0.5, 0.6) is 5.75 Å². The molecule has 0 aliphatic heterocycles. The van der Waals surface area contributed by atoms with Gasteiger partial charge >= 0.3 is 18.9 Å². The van der Waals surface area contributed by atoms with Crippen LogP contribution in [0.15, 0.2) is 42.5 Å². The fourth-order valence-corrected chi connectivity index (χ4v) is 2.10. The van der Waals surface area contributed by atoms with Crippen LogP contribution in [-0.4, -0.2) is 11.0 Å². The number of hydrogen-bond acceptors (Lipinski definition) is 2. The Morgan fingerprint density at radius 2 is 1.61 bits per heavy atom. The number of para-hydroxylation sites is 1. The van der Waals surface area contributed by atoms with Gasteiger partial charge in [0.25, 0.3) is 0 Å². The van der Waals surface area contributed by atoms with Crippen LogP contribution in [0.2, 0.25) is 0 Å². The van der Waals surface area contributed by atoms with Gasteiger partial charge in [-0.15, -0.1) is 18.6 Å². The molecule has 1 amide bonds. The van der Waals surface area contributed by atoms with Gasteiger partial charge in [0.1, 0.15) is 0 Å². The SMILES string of the molecule is CC[CH-]C(=O)Nc1c(C)cccc1C.[CH2-]CCC[CH2-].[CH2-]c1cccc(O)c1.[Li+]. The molecule has 0 aliphatic carbocycles. The normalized spacial score (nSPS) is 8.89. The Morgan fingerprint density at radius 1 is 1.07 bits per heavy atom.